The number of sulfone groups is 1. The maximum Gasteiger partial charge on any atom is 0.226 e. The number of anilines is 1. The molecule has 1 aromatic rings. The number of nitrogens with zero attached hydrogens (tertiary/aromatic N) is 4. The molecular weight excluding hydrogens is 404 g/mol. The average Bonchev–Trinajstić information content (AvgIpc) is 2.79. The van der Waals surface area contributed by atoms with Gasteiger partial charge in [0.05, 0.1) is 25.1 Å². The summed E-state index contributed by atoms with van der Waals surface area (Å²) in [5, 5.41) is 0. The van der Waals surface area contributed by atoms with E-state index in [1.807, 2.05) is 9.80 Å². The molecule has 0 spiro atoms. The molecule has 2 fully saturated rings. The molecular formula is C21H30N4O4S. The van der Waals surface area contributed by atoms with Crippen LogP contribution < -0.4 is 4.90 Å². The van der Waals surface area contributed by atoms with Crippen molar-refractivity contribution >= 4 is 21.7 Å². The maximum atomic E-state index is 12.8. The molecule has 8 nitrogen and oxygen atoms in total. The molecule has 1 atom stereocenters. The lowest BCUT2D eigenvalue weighted by molar-refractivity contribution is -0.136. The van der Waals surface area contributed by atoms with Crippen LogP contribution in [0.15, 0.2) is 23.2 Å². The van der Waals surface area contributed by atoms with Gasteiger partial charge in [0, 0.05) is 44.3 Å². The Morgan fingerprint density at radius 3 is 2.47 bits per heavy atom. The molecule has 3 aliphatic rings. The summed E-state index contributed by atoms with van der Waals surface area (Å²) < 4.78 is 30.2. The molecule has 2 aliphatic heterocycles. The number of likely N-dealkylation sites (tertiary alicyclic amines) is 1. The molecule has 3 heterocycles. The number of rotatable bonds is 4. The Balaban J connectivity index is 1.51. The SMILES string of the molecule is CS(=O)(=O)c1cnc(N2CCOCC2)nc1C1CCN(C(=O)[C@H]2CC=CCC2)CC1. The first-order valence-electron chi connectivity index (χ1n) is 10.8. The molecule has 9 heteroatoms. The highest BCUT2D eigenvalue weighted by molar-refractivity contribution is 7.90. The van der Waals surface area contributed by atoms with Crippen molar-refractivity contribution in [2.45, 2.75) is 42.9 Å². The van der Waals surface area contributed by atoms with Gasteiger partial charge in [-0.05, 0) is 32.1 Å². The predicted molar refractivity (Wildman–Crippen MR) is 113 cm³/mol. The minimum Gasteiger partial charge on any atom is -0.378 e. The van der Waals surface area contributed by atoms with E-state index < -0.39 is 9.84 Å². The highest BCUT2D eigenvalue weighted by Gasteiger charge is 2.32. The second-order valence-corrected chi connectivity index (χ2v) is 10.4. The van der Waals surface area contributed by atoms with E-state index in [0.29, 0.717) is 51.0 Å². The number of carbonyl (C=O) groups excluding carboxylic acids is 1. The zero-order chi connectivity index (χ0) is 21.1. The van der Waals surface area contributed by atoms with Crippen LogP contribution in [-0.2, 0) is 19.4 Å². The Labute approximate surface area is 178 Å². The van der Waals surface area contributed by atoms with Crippen LogP contribution in [0.3, 0.4) is 0 Å². The molecule has 0 saturated carbocycles. The third-order valence-corrected chi connectivity index (χ3v) is 7.39. The number of amides is 1. The fourth-order valence-corrected chi connectivity index (χ4v) is 5.35. The number of morpholine rings is 1. The Morgan fingerprint density at radius 1 is 1.10 bits per heavy atom. The zero-order valence-corrected chi connectivity index (χ0v) is 18.3. The van der Waals surface area contributed by atoms with Gasteiger partial charge in [-0.25, -0.2) is 18.4 Å². The van der Waals surface area contributed by atoms with Gasteiger partial charge in [0.1, 0.15) is 4.90 Å². The first-order chi connectivity index (χ1) is 14.4. The van der Waals surface area contributed by atoms with Crippen LogP contribution in [0.25, 0.3) is 0 Å². The van der Waals surface area contributed by atoms with Crippen molar-refractivity contribution in [1.82, 2.24) is 14.9 Å². The molecule has 2 saturated heterocycles. The van der Waals surface area contributed by atoms with Gasteiger partial charge in [0.25, 0.3) is 0 Å². The summed E-state index contributed by atoms with van der Waals surface area (Å²) in [6, 6.07) is 0. The highest BCUT2D eigenvalue weighted by atomic mass is 32.2. The molecule has 0 unspecified atom stereocenters. The van der Waals surface area contributed by atoms with Gasteiger partial charge in [0.15, 0.2) is 9.84 Å². The third-order valence-electron chi connectivity index (χ3n) is 6.28. The lowest BCUT2D eigenvalue weighted by Gasteiger charge is -2.35. The van der Waals surface area contributed by atoms with Gasteiger partial charge < -0.3 is 14.5 Å². The first-order valence-corrected chi connectivity index (χ1v) is 12.7. The van der Waals surface area contributed by atoms with E-state index in [2.05, 4.69) is 17.1 Å². The van der Waals surface area contributed by atoms with E-state index in [9.17, 15) is 13.2 Å². The quantitative estimate of drug-likeness (QED) is 0.667. The van der Waals surface area contributed by atoms with Crippen LogP contribution in [0.2, 0.25) is 0 Å². The lowest BCUT2D eigenvalue weighted by atomic mass is 9.89. The Hall–Kier alpha value is -2.00. The number of ether oxygens (including phenoxy) is 1. The normalized spacial score (nSPS) is 23.6. The number of hydrogen-bond donors (Lipinski definition) is 0. The Kier molecular flexibility index (Phi) is 6.38. The van der Waals surface area contributed by atoms with E-state index in [-0.39, 0.29) is 22.6 Å². The minimum atomic E-state index is -3.43. The standard InChI is InChI=1S/C21H30N4O4S/c1-30(27,28)18-15-22-21(25-11-13-29-14-12-25)23-19(18)16-7-9-24(10-8-16)20(26)17-5-3-2-4-6-17/h2-3,15-17H,4-14H2,1H3/t17-/m0/s1. The number of allylic oxidation sites excluding steroid dienone is 2. The largest absolute Gasteiger partial charge is 0.378 e. The second kappa shape index (κ2) is 9.01. The fraction of sp³-hybridized carbons (Fsp3) is 0.667. The van der Waals surface area contributed by atoms with Crippen molar-refractivity contribution in [3.05, 3.63) is 24.0 Å². The molecule has 4 rings (SSSR count). The van der Waals surface area contributed by atoms with Crippen LogP contribution in [-0.4, -0.2) is 74.8 Å². The summed E-state index contributed by atoms with van der Waals surface area (Å²) in [5.41, 5.74) is 0.599. The number of hydrogen-bond acceptors (Lipinski definition) is 7. The molecule has 164 valence electrons. The molecule has 0 N–H and O–H groups in total. The maximum absolute atomic E-state index is 12.8. The van der Waals surface area contributed by atoms with Crippen molar-refractivity contribution in [3.63, 3.8) is 0 Å². The van der Waals surface area contributed by atoms with Crippen molar-refractivity contribution < 1.29 is 17.9 Å². The molecule has 30 heavy (non-hydrogen) atoms. The van der Waals surface area contributed by atoms with Crippen LogP contribution in [0.5, 0.6) is 0 Å². The fourth-order valence-electron chi connectivity index (χ4n) is 4.52. The van der Waals surface area contributed by atoms with E-state index in [4.69, 9.17) is 9.72 Å². The highest BCUT2D eigenvalue weighted by Crippen LogP contribution is 2.33. The first kappa shape index (κ1) is 21.2. The lowest BCUT2D eigenvalue weighted by Crippen LogP contribution is -2.42. The van der Waals surface area contributed by atoms with Crippen molar-refractivity contribution in [2.75, 3.05) is 50.5 Å². The van der Waals surface area contributed by atoms with E-state index in [1.165, 1.54) is 12.5 Å². The average molecular weight is 435 g/mol. The summed E-state index contributed by atoms with van der Waals surface area (Å²) in [7, 11) is -3.43. The summed E-state index contributed by atoms with van der Waals surface area (Å²) in [6.45, 7) is 3.90. The van der Waals surface area contributed by atoms with Gasteiger partial charge in [0.2, 0.25) is 11.9 Å². The number of aromatic nitrogens is 2. The monoisotopic (exact) mass is 434 g/mol. The molecule has 0 radical (unpaired) electrons. The van der Waals surface area contributed by atoms with Gasteiger partial charge in [-0.15, -0.1) is 0 Å². The van der Waals surface area contributed by atoms with E-state index in [1.54, 1.807) is 0 Å². The van der Waals surface area contributed by atoms with Crippen LogP contribution in [0.4, 0.5) is 5.95 Å². The third kappa shape index (κ3) is 4.67. The van der Waals surface area contributed by atoms with Crippen LogP contribution in [0, 0.1) is 5.92 Å². The van der Waals surface area contributed by atoms with Crippen molar-refractivity contribution in [3.8, 4) is 0 Å². The van der Waals surface area contributed by atoms with Crippen LogP contribution in [0.1, 0.15) is 43.7 Å². The summed E-state index contributed by atoms with van der Waals surface area (Å²) in [6.07, 6.45) is 11.1. The number of piperidine rings is 1. The van der Waals surface area contributed by atoms with E-state index >= 15 is 0 Å². The molecule has 1 amide bonds. The summed E-state index contributed by atoms with van der Waals surface area (Å²) in [5.74, 6) is 0.893. The van der Waals surface area contributed by atoms with Gasteiger partial charge in [-0.3, -0.25) is 4.79 Å². The van der Waals surface area contributed by atoms with E-state index in [0.717, 1.165) is 32.1 Å². The molecule has 1 aromatic heterocycles. The van der Waals surface area contributed by atoms with Crippen LogP contribution >= 0.6 is 0 Å². The number of carbonyl (C=O) groups is 1. The molecule has 1 aliphatic carbocycles. The van der Waals surface area contributed by atoms with Gasteiger partial charge in [-0.1, -0.05) is 12.2 Å². The Morgan fingerprint density at radius 2 is 1.83 bits per heavy atom. The Bertz CT molecular complexity index is 904. The van der Waals surface area contributed by atoms with Gasteiger partial charge in [-0.2, -0.15) is 0 Å². The van der Waals surface area contributed by atoms with Crippen molar-refractivity contribution in [1.29, 1.82) is 0 Å². The molecule has 0 bridgehead atoms. The minimum absolute atomic E-state index is 0.00724. The summed E-state index contributed by atoms with van der Waals surface area (Å²) in [4.78, 5) is 26.1. The zero-order valence-electron chi connectivity index (χ0n) is 17.5. The topological polar surface area (TPSA) is 92.7 Å². The summed E-state index contributed by atoms with van der Waals surface area (Å²) >= 11 is 0. The smallest absolute Gasteiger partial charge is 0.226 e. The van der Waals surface area contributed by atoms with Crippen molar-refractivity contribution in [2.24, 2.45) is 5.92 Å². The second-order valence-electron chi connectivity index (χ2n) is 8.37. The molecule has 0 aromatic carbocycles. The predicted octanol–water partition coefficient (Wildman–Crippen LogP) is 1.78. The van der Waals surface area contributed by atoms with Gasteiger partial charge >= 0.3 is 0 Å².